The van der Waals surface area contributed by atoms with E-state index in [1.807, 2.05) is 56.3 Å². The number of hydrogen-bond acceptors (Lipinski definition) is 3. The van der Waals surface area contributed by atoms with Crippen LogP contribution in [0.2, 0.25) is 0 Å². The Labute approximate surface area is 140 Å². The maximum absolute atomic E-state index is 12.7. The molecule has 0 bridgehead atoms. The van der Waals surface area contributed by atoms with Gasteiger partial charge in [0.1, 0.15) is 11.4 Å². The van der Waals surface area contributed by atoms with Gasteiger partial charge in [0.25, 0.3) is 5.91 Å². The molecule has 5 nitrogen and oxygen atoms in total. The Balaban J connectivity index is 1.92. The number of benzene rings is 2. The van der Waals surface area contributed by atoms with Crippen molar-refractivity contribution in [2.75, 3.05) is 11.9 Å². The fourth-order valence-corrected chi connectivity index (χ4v) is 2.50. The Bertz CT molecular complexity index is 841. The molecule has 5 heteroatoms. The molecule has 0 unspecified atom stereocenters. The summed E-state index contributed by atoms with van der Waals surface area (Å²) in [6.07, 6.45) is 0. The van der Waals surface area contributed by atoms with Gasteiger partial charge in [0.05, 0.1) is 23.6 Å². The lowest BCUT2D eigenvalue weighted by Gasteiger charge is -2.11. The lowest BCUT2D eigenvalue weighted by molar-refractivity contribution is 0.102. The third-order valence-corrected chi connectivity index (χ3v) is 3.66. The van der Waals surface area contributed by atoms with Crippen molar-refractivity contribution in [3.63, 3.8) is 0 Å². The average Bonchev–Trinajstić information content (AvgIpc) is 2.97. The Morgan fingerprint density at radius 1 is 1.12 bits per heavy atom. The van der Waals surface area contributed by atoms with Gasteiger partial charge in [-0.2, -0.15) is 5.10 Å². The molecule has 0 atom stereocenters. The predicted octanol–water partition coefficient (Wildman–Crippen LogP) is 4.04. The van der Waals surface area contributed by atoms with Crippen LogP contribution in [0.15, 0.2) is 54.6 Å². The zero-order valence-electron chi connectivity index (χ0n) is 13.7. The van der Waals surface area contributed by atoms with Crippen LogP contribution in [0.3, 0.4) is 0 Å². The summed E-state index contributed by atoms with van der Waals surface area (Å²) < 4.78 is 5.54. The summed E-state index contributed by atoms with van der Waals surface area (Å²) in [5.41, 5.74) is 3.64. The molecule has 1 heterocycles. The Hall–Kier alpha value is -3.08. The molecule has 24 heavy (non-hydrogen) atoms. The smallest absolute Gasteiger partial charge is 0.259 e. The molecule has 0 radical (unpaired) electrons. The van der Waals surface area contributed by atoms with E-state index in [1.54, 1.807) is 12.1 Å². The predicted molar refractivity (Wildman–Crippen MR) is 94.3 cm³/mol. The fourth-order valence-electron chi connectivity index (χ4n) is 2.50. The molecule has 0 spiro atoms. The number of anilines is 1. The maximum Gasteiger partial charge on any atom is 0.259 e. The van der Waals surface area contributed by atoms with Gasteiger partial charge < -0.3 is 10.1 Å². The second-order valence-electron chi connectivity index (χ2n) is 5.32. The summed E-state index contributed by atoms with van der Waals surface area (Å²) in [4.78, 5) is 12.7. The van der Waals surface area contributed by atoms with Crippen molar-refractivity contribution in [1.29, 1.82) is 0 Å². The summed E-state index contributed by atoms with van der Waals surface area (Å²) in [7, 11) is 0. The van der Waals surface area contributed by atoms with Crippen molar-refractivity contribution in [2.45, 2.75) is 13.8 Å². The standard InChI is InChI=1S/C19H19N3O2/c1-3-24-16-12-8-7-11-15(16)19(23)20-17-13(2)21-22-18(17)14-9-5-4-6-10-14/h4-12H,3H2,1-2H3,(H,20,23)(H,21,22). The average molecular weight is 321 g/mol. The van der Waals surface area contributed by atoms with Crippen LogP contribution in [0.25, 0.3) is 11.3 Å². The highest BCUT2D eigenvalue weighted by molar-refractivity contribution is 6.08. The van der Waals surface area contributed by atoms with E-state index in [0.29, 0.717) is 23.6 Å². The SMILES string of the molecule is CCOc1ccccc1C(=O)Nc1c(-c2ccccc2)n[nH]c1C. The van der Waals surface area contributed by atoms with Crippen LogP contribution in [0.1, 0.15) is 23.0 Å². The number of aryl methyl sites for hydroxylation is 1. The lowest BCUT2D eigenvalue weighted by Crippen LogP contribution is -2.14. The van der Waals surface area contributed by atoms with Crippen molar-refractivity contribution < 1.29 is 9.53 Å². The number of hydrogen-bond donors (Lipinski definition) is 2. The van der Waals surface area contributed by atoms with Crippen LogP contribution in [0.5, 0.6) is 5.75 Å². The van der Waals surface area contributed by atoms with E-state index in [9.17, 15) is 4.79 Å². The van der Waals surface area contributed by atoms with Gasteiger partial charge in [0, 0.05) is 5.56 Å². The highest BCUT2D eigenvalue weighted by Gasteiger charge is 2.18. The largest absolute Gasteiger partial charge is 0.493 e. The molecule has 2 aromatic carbocycles. The number of carbonyl (C=O) groups excluding carboxylic acids is 1. The molecule has 0 fully saturated rings. The van der Waals surface area contributed by atoms with Gasteiger partial charge in [0.2, 0.25) is 0 Å². The molecule has 2 N–H and O–H groups in total. The number of ether oxygens (including phenoxy) is 1. The van der Waals surface area contributed by atoms with E-state index >= 15 is 0 Å². The number of nitrogens with zero attached hydrogens (tertiary/aromatic N) is 1. The minimum Gasteiger partial charge on any atom is -0.493 e. The minimum atomic E-state index is -0.222. The number of aromatic nitrogens is 2. The van der Waals surface area contributed by atoms with Gasteiger partial charge in [-0.3, -0.25) is 9.89 Å². The number of amides is 1. The third-order valence-electron chi connectivity index (χ3n) is 3.66. The highest BCUT2D eigenvalue weighted by atomic mass is 16.5. The molecule has 1 aromatic heterocycles. The van der Waals surface area contributed by atoms with Crippen LogP contribution in [0, 0.1) is 6.92 Å². The molecular weight excluding hydrogens is 302 g/mol. The van der Waals surface area contributed by atoms with Gasteiger partial charge in [-0.15, -0.1) is 0 Å². The number of aromatic amines is 1. The zero-order valence-corrected chi connectivity index (χ0v) is 13.7. The van der Waals surface area contributed by atoms with Gasteiger partial charge in [-0.05, 0) is 26.0 Å². The number of nitrogens with one attached hydrogen (secondary N) is 2. The Morgan fingerprint density at radius 2 is 1.83 bits per heavy atom. The van der Waals surface area contributed by atoms with Crippen LogP contribution >= 0.6 is 0 Å². The minimum absolute atomic E-state index is 0.222. The first-order valence-electron chi connectivity index (χ1n) is 7.84. The number of carbonyl (C=O) groups is 1. The Kier molecular flexibility index (Phi) is 4.61. The second-order valence-corrected chi connectivity index (χ2v) is 5.32. The van der Waals surface area contributed by atoms with E-state index in [-0.39, 0.29) is 5.91 Å². The molecule has 122 valence electrons. The Morgan fingerprint density at radius 3 is 2.58 bits per heavy atom. The molecule has 3 rings (SSSR count). The first-order valence-corrected chi connectivity index (χ1v) is 7.84. The van der Waals surface area contributed by atoms with Crippen LogP contribution in [-0.2, 0) is 0 Å². The van der Waals surface area contributed by atoms with E-state index in [4.69, 9.17) is 4.74 Å². The monoisotopic (exact) mass is 321 g/mol. The summed E-state index contributed by atoms with van der Waals surface area (Å²) in [5.74, 6) is 0.348. The highest BCUT2D eigenvalue weighted by Crippen LogP contribution is 2.29. The van der Waals surface area contributed by atoms with Crippen molar-refractivity contribution in [3.05, 3.63) is 65.9 Å². The van der Waals surface area contributed by atoms with E-state index in [2.05, 4.69) is 15.5 Å². The molecule has 0 aliphatic rings. The van der Waals surface area contributed by atoms with Crippen LogP contribution in [-0.4, -0.2) is 22.7 Å². The van der Waals surface area contributed by atoms with Gasteiger partial charge in [-0.25, -0.2) is 0 Å². The number of para-hydroxylation sites is 1. The summed E-state index contributed by atoms with van der Waals surface area (Å²) in [6.45, 7) is 4.27. The molecule has 0 aliphatic heterocycles. The number of H-pyrrole nitrogens is 1. The second kappa shape index (κ2) is 7.00. The van der Waals surface area contributed by atoms with E-state index in [0.717, 1.165) is 17.0 Å². The molecule has 0 saturated heterocycles. The first-order chi connectivity index (χ1) is 11.7. The van der Waals surface area contributed by atoms with Crippen LogP contribution in [0.4, 0.5) is 5.69 Å². The normalized spacial score (nSPS) is 10.4. The summed E-state index contributed by atoms with van der Waals surface area (Å²) in [6, 6.07) is 16.9. The summed E-state index contributed by atoms with van der Waals surface area (Å²) in [5, 5.41) is 10.2. The van der Waals surface area contributed by atoms with Gasteiger partial charge >= 0.3 is 0 Å². The first kappa shape index (κ1) is 15.8. The molecule has 0 saturated carbocycles. The third kappa shape index (κ3) is 3.15. The molecule has 0 aliphatic carbocycles. The van der Waals surface area contributed by atoms with Crippen molar-refractivity contribution in [3.8, 4) is 17.0 Å². The van der Waals surface area contributed by atoms with Gasteiger partial charge in [-0.1, -0.05) is 42.5 Å². The van der Waals surface area contributed by atoms with E-state index in [1.165, 1.54) is 0 Å². The molecule has 3 aromatic rings. The quantitative estimate of drug-likeness (QED) is 0.745. The van der Waals surface area contributed by atoms with Crippen LogP contribution < -0.4 is 10.1 Å². The van der Waals surface area contributed by atoms with Gasteiger partial charge in [0.15, 0.2) is 0 Å². The van der Waals surface area contributed by atoms with Crippen molar-refractivity contribution in [2.24, 2.45) is 0 Å². The maximum atomic E-state index is 12.7. The molecule has 1 amide bonds. The van der Waals surface area contributed by atoms with Crippen molar-refractivity contribution >= 4 is 11.6 Å². The summed E-state index contributed by atoms with van der Waals surface area (Å²) >= 11 is 0. The molecular formula is C19H19N3O2. The lowest BCUT2D eigenvalue weighted by atomic mass is 10.1. The fraction of sp³-hybridized carbons (Fsp3) is 0.158. The number of rotatable bonds is 5. The zero-order chi connectivity index (χ0) is 16.9. The topological polar surface area (TPSA) is 67.0 Å². The van der Waals surface area contributed by atoms with Crippen molar-refractivity contribution in [1.82, 2.24) is 10.2 Å². The van der Waals surface area contributed by atoms with E-state index < -0.39 is 0 Å².